The molecule has 5 heteroatoms. The molecule has 2 aromatic rings. The minimum atomic E-state index is -0.322. The third-order valence-electron chi connectivity index (χ3n) is 3.18. The molecule has 2 N–H and O–H groups in total. The molecule has 0 bridgehead atoms. The fourth-order valence-corrected chi connectivity index (χ4v) is 2.75. The van der Waals surface area contributed by atoms with E-state index in [1.54, 1.807) is 11.3 Å². The zero-order chi connectivity index (χ0) is 15.6. The van der Waals surface area contributed by atoms with Crippen molar-refractivity contribution >= 4 is 22.8 Å². The summed E-state index contributed by atoms with van der Waals surface area (Å²) in [4.78, 5) is 8.00. The van der Waals surface area contributed by atoms with Crippen LogP contribution in [0.4, 0.5) is 11.5 Å². The van der Waals surface area contributed by atoms with E-state index in [0.717, 1.165) is 5.82 Å². The molecule has 2 aromatic heterocycles. The van der Waals surface area contributed by atoms with E-state index in [2.05, 4.69) is 34.3 Å². The normalized spacial score (nSPS) is 13.0. The molecule has 0 amide bonds. The number of pyridine rings is 1. The van der Waals surface area contributed by atoms with Crippen LogP contribution in [-0.2, 0) is 0 Å². The number of ether oxygens (including phenoxy) is 1. The van der Waals surface area contributed by atoms with Crippen molar-refractivity contribution in [2.45, 2.75) is 39.3 Å². The summed E-state index contributed by atoms with van der Waals surface area (Å²) < 4.78 is 5.83. The van der Waals surface area contributed by atoms with Crippen LogP contribution in [0.15, 0.2) is 29.6 Å². The molecule has 114 valence electrons. The summed E-state index contributed by atoms with van der Waals surface area (Å²) in [7, 11) is 2.03. The summed E-state index contributed by atoms with van der Waals surface area (Å²) in [6.45, 7) is 8.12. The standard InChI is InChI=1S/C16H23N3OS/c1-11(13-7-6-10-21-13)19(5)14-9-8-12(17)15(18-14)20-16(2,3)4/h6-11H,17H2,1-5H3. The van der Waals surface area contributed by atoms with E-state index >= 15 is 0 Å². The van der Waals surface area contributed by atoms with Crippen LogP contribution in [0.2, 0.25) is 0 Å². The number of anilines is 2. The zero-order valence-corrected chi connectivity index (χ0v) is 14.1. The predicted molar refractivity (Wildman–Crippen MR) is 90.2 cm³/mol. The topological polar surface area (TPSA) is 51.4 Å². The van der Waals surface area contributed by atoms with Gasteiger partial charge in [-0.2, -0.15) is 4.98 Å². The monoisotopic (exact) mass is 305 g/mol. The fourth-order valence-electron chi connectivity index (χ4n) is 1.93. The van der Waals surface area contributed by atoms with Crippen LogP contribution in [-0.4, -0.2) is 17.6 Å². The Balaban J connectivity index is 2.26. The van der Waals surface area contributed by atoms with Crippen LogP contribution in [0.5, 0.6) is 5.88 Å². The summed E-state index contributed by atoms with van der Waals surface area (Å²) in [6, 6.07) is 8.23. The van der Waals surface area contributed by atoms with E-state index in [4.69, 9.17) is 10.5 Å². The largest absolute Gasteiger partial charge is 0.470 e. The highest BCUT2D eigenvalue weighted by Gasteiger charge is 2.19. The van der Waals surface area contributed by atoms with Gasteiger partial charge >= 0.3 is 0 Å². The molecule has 2 heterocycles. The lowest BCUT2D eigenvalue weighted by molar-refractivity contribution is 0.125. The van der Waals surface area contributed by atoms with E-state index < -0.39 is 0 Å². The summed E-state index contributed by atoms with van der Waals surface area (Å²) >= 11 is 1.75. The summed E-state index contributed by atoms with van der Waals surface area (Å²) in [5.74, 6) is 1.34. The molecule has 4 nitrogen and oxygen atoms in total. The van der Waals surface area contributed by atoms with Crippen molar-refractivity contribution < 1.29 is 4.74 Å². The number of nitrogens with zero attached hydrogens (tertiary/aromatic N) is 2. The van der Waals surface area contributed by atoms with Gasteiger partial charge in [0, 0.05) is 11.9 Å². The average Bonchev–Trinajstić information content (AvgIpc) is 2.92. The molecule has 0 aliphatic rings. The quantitative estimate of drug-likeness (QED) is 0.924. The van der Waals surface area contributed by atoms with Crippen LogP contribution in [0.3, 0.4) is 0 Å². The number of hydrogen-bond donors (Lipinski definition) is 1. The van der Waals surface area contributed by atoms with Gasteiger partial charge in [0.2, 0.25) is 5.88 Å². The number of aromatic nitrogens is 1. The van der Waals surface area contributed by atoms with E-state index in [1.807, 2.05) is 40.0 Å². The third-order valence-corrected chi connectivity index (χ3v) is 4.22. The van der Waals surface area contributed by atoms with Gasteiger partial charge in [0.05, 0.1) is 11.7 Å². The van der Waals surface area contributed by atoms with Crippen molar-refractivity contribution in [1.29, 1.82) is 0 Å². The maximum Gasteiger partial charge on any atom is 0.239 e. The van der Waals surface area contributed by atoms with Crippen LogP contribution >= 0.6 is 11.3 Å². The summed E-state index contributed by atoms with van der Waals surface area (Å²) in [5.41, 5.74) is 6.20. The minimum Gasteiger partial charge on any atom is -0.470 e. The molecule has 0 saturated carbocycles. The van der Waals surface area contributed by atoms with Crippen molar-refractivity contribution in [2.24, 2.45) is 0 Å². The lowest BCUT2D eigenvalue weighted by atomic mass is 10.2. The first kappa shape index (κ1) is 15.6. The first-order chi connectivity index (χ1) is 9.78. The Hall–Kier alpha value is -1.75. The maximum absolute atomic E-state index is 5.96. The van der Waals surface area contributed by atoms with Crippen LogP contribution in [0, 0.1) is 0 Å². The van der Waals surface area contributed by atoms with Gasteiger partial charge in [-0.15, -0.1) is 11.3 Å². The fraction of sp³-hybridized carbons (Fsp3) is 0.438. The molecule has 1 unspecified atom stereocenters. The van der Waals surface area contributed by atoms with Crippen molar-refractivity contribution in [3.8, 4) is 5.88 Å². The molecule has 0 aliphatic heterocycles. The van der Waals surface area contributed by atoms with Crippen LogP contribution in [0.25, 0.3) is 0 Å². The molecule has 0 fully saturated rings. The van der Waals surface area contributed by atoms with E-state index in [0.29, 0.717) is 11.6 Å². The number of nitrogens with two attached hydrogens (primary N) is 1. The second-order valence-electron chi connectivity index (χ2n) is 6.08. The molecule has 1 atom stereocenters. The molecular formula is C16H23N3OS. The van der Waals surface area contributed by atoms with Crippen molar-refractivity contribution in [1.82, 2.24) is 4.98 Å². The molecule has 21 heavy (non-hydrogen) atoms. The van der Waals surface area contributed by atoms with Gasteiger partial charge in [-0.05, 0) is 51.3 Å². The van der Waals surface area contributed by atoms with E-state index in [9.17, 15) is 0 Å². The van der Waals surface area contributed by atoms with Crippen LogP contribution < -0.4 is 15.4 Å². The first-order valence-electron chi connectivity index (χ1n) is 7.00. The average molecular weight is 305 g/mol. The first-order valence-corrected chi connectivity index (χ1v) is 7.87. The number of thiophene rings is 1. The second kappa shape index (κ2) is 5.93. The van der Waals surface area contributed by atoms with Gasteiger partial charge in [0.15, 0.2) is 0 Å². The van der Waals surface area contributed by atoms with Crippen molar-refractivity contribution in [2.75, 3.05) is 17.7 Å². The van der Waals surface area contributed by atoms with E-state index in [1.165, 1.54) is 4.88 Å². The zero-order valence-electron chi connectivity index (χ0n) is 13.3. The Morgan fingerprint density at radius 2 is 2.00 bits per heavy atom. The van der Waals surface area contributed by atoms with Gasteiger partial charge in [-0.3, -0.25) is 0 Å². The number of hydrogen-bond acceptors (Lipinski definition) is 5. The molecule has 0 saturated heterocycles. The molecular weight excluding hydrogens is 282 g/mol. The summed E-state index contributed by atoms with van der Waals surface area (Å²) in [5, 5.41) is 2.09. The van der Waals surface area contributed by atoms with Gasteiger partial charge in [0.1, 0.15) is 11.4 Å². The number of rotatable bonds is 4. The molecule has 2 rings (SSSR count). The van der Waals surface area contributed by atoms with E-state index in [-0.39, 0.29) is 11.6 Å². The van der Waals surface area contributed by atoms with Gasteiger partial charge in [-0.1, -0.05) is 6.07 Å². The smallest absolute Gasteiger partial charge is 0.239 e. The maximum atomic E-state index is 5.96. The highest BCUT2D eigenvalue weighted by atomic mass is 32.1. The Bertz CT molecular complexity index is 590. The highest BCUT2D eigenvalue weighted by Crippen LogP contribution is 2.31. The predicted octanol–water partition coefficient (Wildman–Crippen LogP) is 4.10. The Kier molecular flexibility index (Phi) is 4.42. The van der Waals surface area contributed by atoms with Gasteiger partial charge in [0.25, 0.3) is 0 Å². The van der Waals surface area contributed by atoms with Crippen molar-refractivity contribution in [3.05, 3.63) is 34.5 Å². The molecule has 0 spiro atoms. The molecule has 0 radical (unpaired) electrons. The SMILES string of the molecule is CC(c1cccs1)N(C)c1ccc(N)c(OC(C)(C)C)n1. The molecule has 0 aromatic carbocycles. The van der Waals surface area contributed by atoms with Crippen LogP contribution in [0.1, 0.15) is 38.6 Å². The third kappa shape index (κ3) is 3.88. The number of nitrogen functional groups attached to an aromatic ring is 1. The second-order valence-corrected chi connectivity index (χ2v) is 7.06. The molecule has 0 aliphatic carbocycles. The Morgan fingerprint density at radius 3 is 2.57 bits per heavy atom. The Labute approximate surface area is 130 Å². The highest BCUT2D eigenvalue weighted by molar-refractivity contribution is 7.10. The summed E-state index contributed by atoms with van der Waals surface area (Å²) in [6.07, 6.45) is 0. The van der Waals surface area contributed by atoms with Gasteiger partial charge < -0.3 is 15.4 Å². The van der Waals surface area contributed by atoms with Gasteiger partial charge in [-0.25, -0.2) is 0 Å². The van der Waals surface area contributed by atoms with Crippen molar-refractivity contribution in [3.63, 3.8) is 0 Å². The Morgan fingerprint density at radius 1 is 1.29 bits per heavy atom. The minimum absolute atomic E-state index is 0.253. The lowest BCUT2D eigenvalue weighted by Gasteiger charge is -2.27. The lowest BCUT2D eigenvalue weighted by Crippen LogP contribution is -2.26.